The van der Waals surface area contributed by atoms with E-state index in [1.165, 1.54) is 0 Å². The lowest BCUT2D eigenvalue weighted by Gasteiger charge is -2.39. The molecule has 29 heavy (non-hydrogen) atoms. The van der Waals surface area contributed by atoms with Crippen LogP contribution < -0.4 is 5.32 Å². The van der Waals surface area contributed by atoms with Crippen molar-refractivity contribution in [2.75, 3.05) is 19.4 Å². The lowest BCUT2D eigenvalue weighted by atomic mass is 9.75. The highest BCUT2D eigenvalue weighted by atomic mass is 16.3. The standard InChI is InChI=1S/C25H24N2O2/c1-27(2)25(29)20-12-6-10-18-17-9-5-11-19(17)24(26-23(18)20)22-16-8-4-3-7-15(16)13-14-21(22)28/h3-10,12-14,17,19,24,26,28H,11H2,1-2H3. The molecule has 0 saturated carbocycles. The van der Waals surface area contributed by atoms with Gasteiger partial charge in [0.25, 0.3) is 5.91 Å². The van der Waals surface area contributed by atoms with Crippen LogP contribution in [0.2, 0.25) is 0 Å². The second-order valence-electron chi connectivity index (χ2n) is 8.16. The highest BCUT2D eigenvalue weighted by Crippen LogP contribution is 2.53. The zero-order valence-electron chi connectivity index (χ0n) is 16.6. The molecule has 1 aliphatic carbocycles. The molecule has 4 nitrogen and oxygen atoms in total. The van der Waals surface area contributed by atoms with E-state index < -0.39 is 0 Å². The summed E-state index contributed by atoms with van der Waals surface area (Å²) in [6, 6.07) is 17.8. The van der Waals surface area contributed by atoms with Crippen molar-refractivity contribution in [2.45, 2.75) is 18.4 Å². The van der Waals surface area contributed by atoms with E-state index in [-0.39, 0.29) is 17.9 Å². The number of amides is 1. The molecule has 3 unspecified atom stereocenters. The maximum absolute atomic E-state index is 12.8. The second kappa shape index (κ2) is 6.66. The first-order valence-corrected chi connectivity index (χ1v) is 10.0. The van der Waals surface area contributed by atoms with Crippen LogP contribution in [0.25, 0.3) is 10.8 Å². The van der Waals surface area contributed by atoms with Crippen molar-refractivity contribution in [2.24, 2.45) is 5.92 Å². The predicted octanol–water partition coefficient (Wildman–Crippen LogP) is 5.07. The summed E-state index contributed by atoms with van der Waals surface area (Å²) < 4.78 is 0. The van der Waals surface area contributed by atoms with Crippen LogP contribution in [-0.2, 0) is 0 Å². The summed E-state index contributed by atoms with van der Waals surface area (Å²) in [7, 11) is 3.55. The normalized spacial score (nSPS) is 22.1. The first kappa shape index (κ1) is 17.8. The Kier molecular flexibility index (Phi) is 4.09. The molecule has 146 valence electrons. The van der Waals surface area contributed by atoms with Gasteiger partial charge in [-0.3, -0.25) is 4.79 Å². The van der Waals surface area contributed by atoms with Crippen molar-refractivity contribution < 1.29 is 9.90 Å². The van der Waals surface area contributed by atoms with Crippen LogP contribution in [0.4, 0.5) is 5.69 Å². The van der Waals surface area contributed by atoms with Crippen LogP contribution in [0.15, 0.2) is 66.7 Å². The summed E-state index contributed by atoms with van der Waals surface area (Å²) in [5, 5.41) is 16.7. The van der Waals surface area contributed by atoms with E-state index in [9.17, 15) is 9.90 Å². The molecule has 2 N–H and O–H groups in total. The average Bonchev–Trinajstić information content (AvgIpc) is 3.22. The number of nitrogens with one attached hydrogen (secondary N) is 1. The molecule has 1 amide bonds. The molecular formula is C25H24N2O2. The maximum atomic E-state index is 12.8. The van der Waals surface area contributed by atoms with Crippen LogP contribution in [0, 0.1) is 5.92 Å². The van der Waals surface area contributed by atoms with Crippen molar-refractivity contribution in [1.29, 1.82) is 0 Å². The van der Waals surface area contributed by atoms with Crippen molar-refractivity contribution >= 4 is 22.4 Å². The Balaban J connectivity index is 1.71. The first-order valence-electron chi connectivity index (χ1n) is 10.0. The van der Waals surface area contributed by atoms with Crippen molar-refractivity contribution in [1.82, 2.24) is 4.90 Å². The molecule has 1 heterocycles. The summed E-state index contributed by atoms with van der Waals surface area (Å²) in [6.07, 6.45) is 5.42. The molecule has 3 aromatic rings. The Hall–Kier alpha value is -3.27. The quantitative estimate of drug-likeness (QED) is 0.606. The summed E-state index contributed by atoms with van der Waals surface area (Å²) >= 11 is 0. The second-order valence-corrected chi connectivity index (χ2v) is 8.16. The Labute approximate surface area is 170 Å². The third-order valence-corrected chi connectivity index (χ3v) is 6.29. The predicted molar refractivity (Wildman–Crippen MR) is 116 cm³/mol. The first-order chi connectivity index (χ1) is 14.1. The van der Waals surface area contributed by atoms with E-state index in [1.54, 1.807) is 25.1 Å². The minimum atomic E-state index is -0.0790. The number of hydrogen-bond acceptors (Lipinski definition) is 3. The van der Waals surface area contributed by atoms with E-state index in [2.05, 4.69) is 35.7 Å². The molecular weight excluding hydrogens is 360 g/mol. The SMILES string of the molecule is CN(C)C(=O)c1cccc2c1NC(c1c(O)ccc3ccccc13)C1CC=CC21. The fourth-order valence-electron chi connectivity index (χ4n) is 4.94. The third kappa shape index (κ3) is 2.70. The van der Waals surface area contributed by atoms with Crippen LogP contribution >= 0.6 is 0 Å². The third-order valence-electron chi connectivity index (χ3n) is 6.29. The molecule has 0 spiro atoms. The molecule has 1 aliphatic heterocycles. The fraction of sp³-hybridized carbons (Fsp3) is 0.240. The molecule has 3 aromatic carbocycles. The number of rotatable bonds is 2. The van der Waals surface area contributed by atoms with Gasteiger partial charge in [-0.25, -0.2) is 0 Å². The lowest BCUT2D eigenvalue weighted by molar-refractivity contribution is 0.0828. The molecule has 0 aromatic heterocycles. The van der Waals surface area contributed by atoms with Gasteiger partial charge in [0.05, 0.1) is 17.3 Å². The van der Waals surface area contributed by atoms with Gasteiger partial charge in [0, 0.05) is 25.6 Å². The van der Waals surface area contributed by atoms with Gasteiger partial charge >= 0.3 is 0 Å². The number of carbonyl (C=O) groups excluding carboxylic acids is 1. The van der Waals surface area contributed by atoms with Gasteiger partial charge in [-0.1, -0.05) is 54.6 Å². The highest BCUT2D eigenvalue weighted by Gasteiger charge is 2.40. The number of fused-ring (bicyclic) bond motifs is 4. The van der Waals surface area contributed by atoms with Gasteiger partial charge in [-0.15, -0.1) is 0 Å². The van der Waals surface area contributed by atoms with E-state index in [4.69, 9.17) is 0 Å². The number of benzene rings is 3. The molecule has 3 atom stereocenters. The summed E-state index contributed by atoms with van der Waals surface area (Å²) in [5.74, 6) is 0.802. The zero-order chi connectivity index (χ0) is 20.1. The Morgan fingerprint density at radius 3 is 2.72 bits per heavy atom. The number of nitrogens with zero attached hydrogens (tertiary/aromatic N) is 1. The minimum Gasteiger partial charge on any atom is -0.508 e. The molecule has 4 heteroatoms. The summed E-state index contributed by atoms with van der Waals surface area (Å²) in [5.41, 5.74) is 3.64. The highest BCUT2D eigenvalue weighted by molar-refractivity contribution is 6.01. The van der Waals surface area contributed by atoms with Crippen molar-refractivity contribution in [3.63, 3.8) is 0 Å². The van der Waals surface area contributed by atoms with Crippen LogP contribution in [0.3, 0.4) is 0 Å². The van der Waals surface area contributed by atoms with Gasteiger partial charge in [-0.05, 0) is 40.8 Å². The Bertz CT molecular complexity index is 1150. The molecule has 0 bridgehead atoms. The largest absolute Gasteiger partial charge is 0.508 e. The van der Waals surface area contributed by atoms with Crippen molar-refractivity contribution in [3.05, 3.63) is 83.4 Å². The van der Waals surface area contributed by atoms with Crippen LogP contribution in [0.5, 0.6) is 5.75 Å². The molecule has 0 fully saturated rings. The number of phenols is 1. The number of carbonyl (C=O) groups is 1. The van der Waals surface area contributed by atoms with E-state index >= 15 is 0 Å². The smallest absolute Gasteiger partial charge is 0.255 e. The number of anilines is 1. The number of phenolic OH excluding ortho intramolecular Hbond substituents is 1. The van der Waals surface area contributed by atoms with Gasteiger partial charge < -0.3 is 15.3 Å². The van der Waals surface area contributed by atoms with E-state index in [0.29, 0.717) is 17.2 Å². The molecule has 0 radical (unpaired) electrons. The lowest BCUT2D eigenvalue weighted by Crippen LogP contribution is -2.32. The Morgan fingerprint density at radius 2 is 1.90 bits per heavy atom. The Morgan fingerprint density at radius 1 is 1.07 bits per heavy atom. The van der Waals surface area contributed by atoms with Gasteiger partial charge in [0.1, 0.15) is 5.75 Å². The zero-order valence-corrected chi connectivity index (χ0v) is 16.6. The van der Waals surface area contributed by atoms with E-state index in [0.717, 1.165) is 34.0 Å². The number of aromatic hydroxyl groups is 1. The van der Waals surface area contributed by atoms with Gasteiger partial charge in [-0.2, -0.15) is 0 Å². The topological polar surface area (TPSA) is 52.6 Å². The monoisotopic (exact) mass is 384 g/mol. The number of hydrogen-bond donors (Lipinski definition) is 2. The van der Waals surface area contributed by atoms with Gasteiger partial charge in [0.15, 0.2) is 0 Å². The molecule has 2 aliphatic rings. The maximum Gasteiger partial charge on any atom is 0.255 e. The number of allylic oxidation sites excluding steroid dienone is 2. The fourth-order valence-corrected chi connectivity index (χ4v) is 4.94. The van der Waals surface area contributed by atoms with Crippen LogP contribution in [0.1, 0.15) is 39.9 Å². The van der Waals surface area contributed by atoms with Crippen LogP contribution in [-0.4, -0.2) is 30.0 Å². The number of para-hydroxylation sites is 1. The van der Waals surface area contributed by atoms with Crippen molar-refractivity contribution in [3.8, 4) is 5.75 Å². The molecule has 0 saturated heterocycles. The molecule has 5 rings (SSSR count). The average molecular weight is 384 g/mol. The van der Waals surface area contributed by atoms with E-state index in [1.807, 2.05) is 30.3 Å². The minimum absolute atomic E-state index is 0.0179. The summed E-state index contributed by atoms with van der Waals surface area (Å²) in [6.45, 7) is 0. The van der Waals surface area contributed by atoms with Gasteiger partial charge in [0.2, 0.25) is 0 Å². The summed E-state index contributed by atoms with van der Waals surface area (Å²) in [4.78, 5) is 14.5.